The summed E-state index contributed by atoms with van der Waals surface area (Å²) in [4.78, 5) is 21.9. The Morgan fingerprint density at radius 1 is 0.542 bits per heavy atom. The fraction of sp³-hybridized carbons (Fsp3) is 0. The number of halogens is 2. The highest BCUT2D eigenvalue weighted by molar-refractivity contribution is 5.78. The van der Waals surface area contributed by atoms with E-state index in [-0.39, 0.29) is 9.58 Å². The smallest absolute Gasteiger partial charge is 0.267 e. The lowest BCUT2D eigenvalue weighted by Gasteiger charge is -1.97. The van der Waals surface area contributed by atoms with Crippen LogP contribution in [0.15, 0.2) is 82.4 Å². The van der Waals surface area contributed by atoms with E-state index < -0.39 is 11.1 Å². The van der Waals surface area contributed by atoms with Crippen LogP contribution in [0.25, 0.3) is 21.8 Å². The Bertz CT molecular complexity index is 1040. The van der Waals surface area contributed by atoms with Gasteiger partial charge in [0, 0.05) is 22.9 Å². The summed E-state index contributed by atoms with van der Waals surface area (Å²) < 4.78 is 26.0. The minimum absolute atomic E-state index is 0.148. The average molecular weight is 326 g/mol. The molecule has 2 aromatic carbocycles. The first-order valence-corrected chi connectivity index (χ1v) is 7.12. The summed E-state index contributed by atoms with van der Waals surface area (Å²) in [6.07, 6.45) is 0. The monoisotopic (exact) mass is 326 g/mol. The number of pyridine rings is 2. The van der Waals surface area contributed by atoms with Crippen LogP contribution in [0.3, 0.4) is 0 Å². The van der Waals surface area contributed by atoms with Gasteiger partial charge >= 0.3 is 0 Å². The van der Waals surface area contributed by atoms with Crippen molar-refractivity contribution in [2.75, 3.05) is 0 Å². The van der Waals surface area contributed by atoms with Crippen LogP contribution in [0.4, 0.5) is 8.96 Å². The molecule has 4 aromatic rings. The average Bonchev–Trinajstić information content (AvgIpc) is 2.62. The quantitative estimate of drug-likeness (QED) is 0.497. The van der Waals surface area contributed by atoms with Gasteiger partial charge in [0.25, 0.3) is 11.1 Å². The Hall–Kier alpha value is -3.28. The molecule has 0 radical (unpaired) electrons. The number of para-hydroxylation sites is 2. The largest absolute Gasteiger partial charge is 0.279 e. The van der Waals surface area contributed by atoms with Gasteiger partial charge in [-0.25, -0.2) is 0 Å². The molecule has 0 aliphatic heterocycles. The Labute approximate surface area is 134 Å². The van der Waals surface area contributed by atoms with Crippen molar-refractivity contribution in [3.63, 3.8) is 0 Å². The summed E-state index contributed by atoms with van der Waals surface area (Å²) in [5.41, 5.74) is -0.641. The molecule has 2 aromatic heterocycles. The number of fused-ring (bicyclic) bond motifs is 2. The van der Waals surface area contributed by atoms with Gasteiger partial charge in [-0.2, -0.15) is 0 Å². The Morgan fingerprint density at radius 3 is 1.33 bits per heavy atom. The van der Waals surface area contributed by atoms with Crippen LogP contribution in [0.1, 0.15) is 0 Å². The lowest BCUT2D eigenvalue weighted by Crippen LogP contribution is -2.11. The van der Waals surface area contributed by atoms with Gasteiger partial charge in [-0.15, -0.1) is 9.58 Å². The van der Waals surface area contributed by atoms with E-state index in [0.29, 0.717) is 11.0 Å². The Kier molecular flexibility index (Phi) is 4.20. The molecular weight excluding hydrogens is 314 g/mol. The van der Waals surface area contributed by atoms with Crippen molar-refractivity contribution in [1.82, 2.24) is 9.58 Å². The van der Waals surface area contributed by atoms with Gasteiger partial charge in [-0.05, 0) is 24.3 Å². The molecule has 0 fully saturated rings. The maximum atomic E-state index is 13.0. The van der Waals surface area contributed by atoms with Crippen LogP contribution < -0.4 is 11.1 Å². The van der Waals surface area contributed by atoms with Crippen LogP contribution in [0.5, 0.6) is 0 Å². The molecule has 0 bridgehead atoms. The summed E-state index contributed by atoms with van der Waals surface area (Å²) in [5.74, 6) is 0. The summed E-state index contributed by atoms with van der Waals surface area (Å²) in [7, 11) is 0. The zero-order valence-electron chi connectivity index (χ0n) is 12.4. The van der Waals surface area contributed by atoms with E-state index in [9.17, 15) is 18.6 Å². The van der Waals surface area contributed by atoms with E-state index >= 15 is 0 Å². The Morgan fingerprint density at radius 2 is 0.917 bits per heavy atom. The van der Waals surface area contributed by atoms with E-state index in [4.69, 9.17) is 0 Å². The third-order valence-corrected chi connectivity index (χ3v) is 3.49. The van der Waals surface area contributed by atoms with Crippen molar-refractivity contribution in [3.8, 4) is 0 Å². The molecule has 0 unspecified atom stereocenters. The van der Waals surface area contributed by atoms with Gasteiger partial charge in [0.1, 0.15) is 0 Å². The fourth-order valence-corrected chi connectivity index (χ4v) is 2.30. The van der Waals surface area contributed by atoms with Crippen molar-refractivity contribution in [1.29, 1.82) is 0 Å². The molecule has 6 heteroatoms. The summed E-state index contributed by atoms with van der Waals surface area (Å²) in [5, 5.41) is 1.44. The summed E-state index contributed by atoms with van der Waals surface area (Å²) in [6, 6.07) is 19.3. The number of rotatable bonds is 0. The topological polar surface area (TPSA) is 44.0 Å². The van der Waals surface area contributed by atoms with Crippen molar-refractivity contribution < 1.29 is 8.96 Å². The molecule has 0 N–H and O–H groups in total. The minimum Gasteiger partial charge on any atom is -0.267 e. The van der Waals surface area contributed by atoms with E-state index in [2.05, 4.69) is 0 Å². The SMILES string of the molecule is O=c1ccc2ccccc2n1F.O=c1ccc2ccccc2n1F. The maximum Gasteiger partial charge on any atom is 0.279 e. The molecule has 0 aliphatic rings. The third-order valence-electron chi connectivity index (χ3n) is 3.49. The molecule has 0 saturated carbocycles. The highest BCUT2D eigenvalue weighted by Gasteiger charge is 1.99. The van der Waals surface area contributed by atoms with Gasteiger partial charge in [-0.3, -0.25) is 9.59 Å². The second-order valence-corrected chi connectivity index (χ2v) is 5.02. The molecule has 4 nitrogen and oxygen atoms in total. The normalized spacial score (nSPS) is 10.4. The van der Waals surface area contributed by atoms with Crippen molar-refractivity contribution >= 4 is 21.8 Å². The number of hydrogen-bond donors (Lipinski definition) is 0. The highest BCUT2D eigenvalue weighted by atomic mass is 19.2. The number of aromatic nitrogens is 2. The first-order chi connectivity index (χ1) is 11.6. The zero-order chi connectivity index (χ0) is 17.1. The standard InChI is InChI=1S/2C9H6FNO/c2*10-11-8-4-2-1-3-7(8)5-6-9(11)12/h2*1-6H. The number of hydrogen-bond acceptors (Lipinski definition) is 2. The van der Waals surface area contributed by atoms with Gasteiger partial charge in [0.05, 0.1) is 11.0 Å². The fourth-order valence-electron chi connectivity index (χ4n) is 2.30. The molecule has 0 spiro atoms. The third kappa shape index (κ3) is 2.94. The molecule has 0 aliphatic carbocycles. The van der Waals surface area contributed by atoms with E-state index in [1.54, 1.807) is 60.7 Å². The predicted molar refractivity (Wildman–Crippen MR) is 89.4 cm³/mol. The van der Waals surface area contributed by atoms with Crippen LogP contribution in [0, 0.1) is 0 Å². The molecule has 24 heavy (non-hydrogen) atoms. The van der Waals surface area contributed by atoms with Crippen molar-refractivity contribution in [3.05, 3.63) is 93.5 Å². The van der Waals surface area contributed by atoms with Crippen molar-refractivity contribution in [2.24, 2.45) is 0 Å². The Balaban J connectivity index is 0.000000141. The van der Waals surface area contributed by atoms with Crippen LogP contribution in [-0.4, -0.2) is 9.58 Å². The predicted octanol–water partition coefficient (Wildman–Crippen LogP) is 3.47. The van der Waals surface area contributed by atoms with Crippen LogP contribution in [-0.2, 0) is 0 Å². The zero-order valence-corrected chi connectivity index (χ0v) is 12.4. The second-order valence-electron chi connectivity index (χ2n) is 5.02. The molecule has 0 atom stereocenters. The van der Waals surface area contributed by atoms with Gasteiger partial charge in [0.2, 0.25) is 0 Å². The minimum atomic E-state index is -0.631. The molecule has 120 valence electrons. The van der Waals surface area contributed by atoms with Crippen LogP contribution in [0.2, 0.25) is 0 Å². The second kappa shape index (κ2) is 6.45. The molecule has 0 saturated heterocycles. The van der Waals surface area contributed by atoms with Crippen LogP contribution >= 0.6 is 0 Å². The molecular formula is C18H12F2N2O2. The van der Waals surface area contributed by atoms with E-state index in [1.165, 1.54) is 12.1 Å². The van der Waals surface area contributed by atoms with Crippen molar-refractivity contribution in [2.45, 2.75) is 0 Å². The lowest BCUT2D eigenvalue weighted by molar-refractivity contribution is 0.371. The molecule has 4 rings (SSSR count). The maximum absolute atomic E-state index is 13.0. The first-order valence-electron chi connectivity index (χ1n) is 7.12. The number of nitrogens with zero attached hydrogens (tertiary/aromatic N) is 2. The molecule has 0 amide bonds. The number of benzene rings is 2. The molecule has 2 heterocycles. The summed E-state index contributed by atoms with van der Waals surface area (Å²) in [6.45, 7) is 0. The van der Waals surface area contributed by atoms with Gasteiger partial charge in [0.15, 0.2) is 0 Å². The van der Waals surface area contributed by atoms with Gasteiger partial charge in [-0.1, -0.05) is 45.4 Å². The summed E-state index contributed by atoms with van der Waals surface area (Å²) >= 11 is 0. The van der Waals surface area contributed by atoms with E-state index in [0.717, 1.165) is 10.8 Å². The van der Waals surface area contributed by atoms with Gasteiger partial charge < -0.3 is 0 Å². The van der Waals surface area contributed by atoms with E-state index in [1.807, 2.05) is 0 Å². The lowest BCUT2D eigenvalue weighted by atomic mass is 10.2. The first kappa shape index (κ1) is 15.6. The highest BCUT2D eigenvalue weighted by Crippen LogP contribution is 2.10.